The number of allylic oxidation sites excluding steroid dienone is 5. The third-order valence-electron chi connectivity index (χ3n) is 3.69. The molecule has 142 valence electrons. The minimum Gasteiger partial charge on any atom is -0.466 e. The van der Waals surface area contributed by atoms with Gasteiger partial charge in [0.2, 0.25) is 0 Å². The van der Waals surface area contributed by atoms with Gasteiger partial charge < -0.3 is 4.74 Å². The number of ether oxygens (including phenoxy) is 1. The number of hydrogen-bond donors (Lipinski definition) is 0. The zero-order valence-corrected chi connectivity index (χ0v) is 16.3. The Hall–Kier alpha value is -3.64. The van der Waals surface area contributed by atoms with Crippen molar-refractivity contribution >= 4 is 17.6 Å². The van der Waals surface area contributed by atoms with Crippen molar-refractivity contribution in [1.29, 1.82) is 5.26 Å². The molecule has 0 unspecified atom stereocenters. The van der Waals surface area contributed by atoms with E-state index in [1.165, 1.54) is 29.9 Å². The minimum atomic E-state index is -0.437. The summed E-state index contributed by atoms with van der Waals surface area (Å²) in [7, 11) is 1.29. The molecule has 0 aliphatic heterocycles. The fraction of sp³-hybridized carbons (Fsp3) is 0.120. The largest absolute Gasteiger partial charge is 0.466 e. The minimum absolute atomic E-state index is 0.346. The second-order valence-corrected chi connectivity index (χ2v) is 5.82. The van der Waals surface area contributed by atoms with Crippen molar-refractivity contribution in [1.82, 2.24) is 0 Å². The molecular weight excluding hydrogens is 346 g/mol. The summed E-state index contributed by atoms with van der Waals surface area (Å²) in [5.41, 5.74) is 4.12. The number of hydrogen-bond acceptors (Lipinski definition) is 3. The average molecular weight is 371 g/mol. The first-order valence-corrected chi connectivity index (χ1v) is 8.84. The van der Waals surface area contributed by atoms with Crippen LogP contribution in [0.15, 0.2) is 97.1 Å². The number of benzene rings is 2. The molecule has 2 aromatic carbocycles. The van der Waals surface area contributed by atoms with E-state index in [-0.39, 0.29) is 0 Å². The predicted octanol–water partition coefficient (Wildman–Crippen LogP) is 5.99. The van der Waals surface area contributed by atoms with Gasteiger partial charge in [-0.25, -0.2) is 4.79 Å². The van der Waals surface area contributed by atoms with Gasteiger partial charge in [0.25, 0.3) is 0 Å². The number of nitrogens with zero attached hydrogens (tertiary/aromatic N) is 1. The van der Waals surface area contributed by atoms with Gasteiger partial charge in [-0.05, 0) is 30.0 Å². The molecule has 0 aliphatic rings. The Balaban J connectivity index is 0.000000311. The highest BCUT2D eigenvalue weighted by atomic mass is 16.5. The molecule has 3 nitrogen and oxygen atoms in total. The molecule has 0 aliphatic carbocycles. The third kappa shape index (κ3) is 9.17. The van der Waals surface area contributed by atoms with Crippen LogP contribution in [0.1, 0.15) is 24.5 Å². The maximum absolute atomic E-state index is 10.7. The van der Waals surface area contributed by atoms with Crippen molar-refractivity contribution < 1.29 is 9.53 Å². The monoisotopic (exact) mass is 371 g/mol. The molecule has 0 amide bonds. The van der Waals surface area contributed by atoms with Crippen LogP contribution < -0.4 is 0 Å². The van der Waals surface area contributed by atoms with Gasteiger partial charge in [0.15, 0.2) is 0 Å². The van der Waals surface area contributed by atoms with Crippen molar-refractivity contribution in [3.05, 3.63) is 108 Å². The van der Waals surface area contributed by atoms with Crippen molar-refractivity contribution in [3.63, 3.8) is 0 Å². The quantitative estimate of drug-likeness (QED) is 0.271. The summed E-state index contributed by atoms with van der Waals surface area (Å²) in [5.74, 6) is -0.437. The summed E-state index contributed by atoms with van der Waals surface area (Å²) in [6.07, 6.45) is 9.57. The molecule has 0 spiro atoms. The van der Waals surface area contributed by atoms with Crippen LogP contribution in [0.2, 0.25) is 0 Å². The van der Waals surface area contributed by atoms with Crippen LogP contribution in [0.3, 0.4) is 0 Å². The molecule has 0 radical (unpaired) electrons. The van der Waals surface area contributed by atoms with Crippen LogP contribution in [0.4, 0.5) is 0 Å². The standard InChI is InChI=1S/C17H16.C8H9NO2/c1-15(17-13-6-3-7-14-17)9-8-12-16-10-4-2-5-11-16;1-7(8(10)11-2)5-3-4-6-9/h2-14H,1H3;3-4H,1,5H2,2H3. The second kappa shape index (κ2) is 13.5. The number of carbonyl (C=O) groups excluding carboxylic acids is 1. The van der Waals surface area contributed by atoms with E-state index in [0.717, 1.165) is 0 Å². The molecule has 0 N–H and O–H groups in total. The van der Waals surface area contributed by atoms with Gasteiger partial charge in [-0.2, -0.15) is 5.26 Å². The van der Waals surface area contributed by atoms with Gasteiger partial charge in [-0.1, -0.05) is 91.5 Å². The predicted molar refractivity (Wildman–Crippen MR) is 116 cm³/mol. The van der Waals surface area contributed by atoms with Gasteiger partial charge in [-0.3, -0.25) is 0 Å². The lowest BCUT2D eigenvalue weighted by Gasteiger charge is -1.98. The van der Waals surface area contributed by atoms with Crippen molar-refractivity contribution in [2.75, 3.05) is 7.11 Å². The lowest BCUT2D eigenvalue weighted by atomic mass is 10.1. The lowest BCUT2D eigenvalue weighted by molar-refractivity contribution is -0.136. The van der Waals surface area contributed by atoms with Gasteiger partial charge in [0.1, 0.15) is 0 Å². The second-order valence-electron chi connectivity index (χ2n) is 5.82. The molecule has 28 heavy (non-hydrogen) atoms. The molecule has 0 bridgehead atoms. The van der Waals surface area contributed by atoms with Gasteiger partial charge in [0.05, 0.1) is 13.2 Å². The first-order valence-electron chi connectivity index (χ1n) is 8.84. The van der Waals surface area contributed by atoms with Crippen LogP contribution >= 0.6 is 0 Å². The number of nitriles is 1. The average Bonchev–Trinajstić information content (AvgIpc) is 2.75. The summed E-state index contributed by atoms with van der Waals surface area (Å²) >= 11 is 0. The van der Waals surface area contributed by atoms with Crippen LogP contribution in [-0.4, -0.2) is 13.1 Å². The fourth-order valence-corrected chi connectivity index (χ4v) is 2.15. The smallest absolute Gasteiger partial charge is 0.333 e. The molecule has 0 atom stereocenters. The normalized spacial score (nSPS) is 10.8. The highest BCUT2D eigenvalue weighted by Crippen LogP contribution is 2.13. The molecule has 0 heterocycles. The van der Waals surface area contributed by atoms with Gasteiger partial charge in [0, 0.05) is 11.6 Å². The molecule has 0 fully saturated rings. The SMILES string of the molecule is C=C(CC=CC#N)C(=O)OC.CC(=CC=Cc1ccccc1)c1ccccc1. The van der Waals surface area contributed by atoms with E-state index >= 15 is 0 Å². The number of rotatable bonds is 6. The summed E-state index contributed by atoms with van der Waals surface area (Å²) < 4.78 is 4.39. The van der Waals surface area contributed by atoms with Crippen molar-refractivity contribution in [2.45, 2.75) is 13.3 Å². The Morgan fingerprint density at radius 3 is 2.29 bits per heavy atom. The summed E-state index contributed by atoms with van der Waals surface area (Å²) in [6, 6.07) is 22.6. The zero-order valence-electron chi connectivity index (χ0n) is 16.3. The Bertz CT molecular complexity index is 870. The van der Waals surface area contributed by atoms with Crippen molar-refractivity contribution in [2.24, 2.45) is 0 Å². The van der Waals surface area contributed by atoms with Crippen LogP contribution in [0.5, 0.6) is 0 Å². The lowest BCUT2D eigenvalue weighted by Crippen LogP contribution is -2.02. The van der Waals surface area contributed by atoms with Crippen LogP contribution in [0, 0.1) is 11.3 Å². The van der Waals surface area contributed by atoms with E-state index in [4.69, 9.17) is 5.26 Å². The van der Waals surface area contributed by atoms with Gasteiger partial charge >= 0.3 is 5.97 Å². The number of methoxy groups -OCH3 is 1. The number of carbonyl (C=O) groups is 1. The summed E-state index contributed by atoms with van der Waals surface area (Å²) in [6.45, 7) is 5.59. The van der Waals surface area contributed by atoms with Crippen molar-refractivity contribution in [3.8, 4) is 6.07 Å². The first kappa shape index (κ1) is 22.4. The highest BCUT2D eigenvalue weighted by molar-refractivity contribution is 5.87. The van der Waals surface area contributed by atoms with E-state index in [2.05, 4.69) is 72.9 Å². The maximum atomic E-state index is 10.7. The maximum Gasteiger partial charge on any atom is 0.333 e. The van der Waals surface area contributed by atoms with E-state index < -0.39 is 5.97 Å². The Labute approximate surface area is 167 Å². The Morgan fingerprint density at radius 2 is 1.71 bits per heavy atom. The van der Waals surface area contributed by atoms with E-state index in [0.29, 0.717) is 12.0 Å². The molecule has 2 rings (SSSR count). The molecule has 3 heteroatoms. The van der Waals surface area contributed by atoms with E-state index in [9.17, 15) is 4.79 Å². The van der Waals surface area contributed by atoms with Crippen LogP contribution in [-0.2, 0) is 9.53 Å². The topological polar surface area (TPSA) is 50.1 Å². The highest BCUT2D eigenvalue weighted by Gasteiger charge is 2.02. The first-order chi connectivity index (χ1) is 13.6. The Morgan fingerprint density at radius 1 is 1.11 bits per heavy atom. The summed E-state index contributed by atoms with van der Waals surface area (Å²) in [5, 5.41) is 8.09. The number of esters is 1. The van der Waals surface area contributed by atoms with Crippen LogP contribution in [0.25, 0.3) is 11.6 Å². The fourth-order valence-electron chi connectivity index (χ4n) is 2.15. The van der Waals surface area contributed by atoms with E-state index in [1.54, 1.807) is 12.1 Å². The van der Waals surface area contributed by atoms with Gasteiger partial charge in [-0.15, -0.1) is 0 Å². The molecular formula is C25H25NO2. The molecule has 0 saturated heterocycles. The molecule has 0 saturated carbocycles. The Kier molecular flexibility index (Phi) is 10.8. The zero-order chi connectivity index (χ0) is 20.6. The third-order valence-corrected chi connectivity index (χ3v) is 3.69. The van der Waals surface area contributed by atoms with E-state index in [1.807, 2.05) is 24.3 Å². The summed E-state index contributed by atoms with van der Waals surface area (Å²) in [4.78, 5) is 10.7. The molecule has 2 aromatic rings. The molecule has 0 aromatic heterocycles.